The van der Waals surface area contributed by atoms with Crippen LogP contribution in [0.25, 0.3) is 0 Å². The first-order valence-electron chi connectivity index (χ1n) is 5.54. The van der Waals surface area contributed by atoms with Gasteiger partial charge in [-0.05, 0) is 26.7 Å². The van der Waals surface area contributed by atoms with Crippen LogP contribution in [-0.2, 0) is 16.1 Å². The number of rotatable bonds is 3. The molecule has 94 valence electrons. The summed E-state index contributed by atoms with van der Waals surface area (Å²) in [6, 6.07) is 0. The van der Waals surface area contributed by atoms with Gasteiger partial charge in [0.25, 0.3) is 0 Å². The normalized spacial score (nSPS) is 24.1. The summed E-state index contributed by atoms with van der Waals surface area (Å²) >= 11 is 1.22. The Labute approximate surface area is 103 Å². The molecule has 1 fully saturated rings. The molecule has 1 saturated heterocycles. The maximum atomic E-state index is 11.7. The maximum Gasteiger partial charge on any atom is 0.332 e. The Morgan fingerprint density at radius 2 is 2.24 bits per heavy atom. The average molecular weight is 257 g/mol. The maximum absolute atomic E-state index is 11.7. The van der Waals surface area contributed by atoms with E-state index in [1.807, 2.05) is 13.8 Å². The fourth-order valence-corrected chi connectivity index (χ4v) is 2.87. The number of carbonyl (C=O) groups is 1. The number of ether oxygens (including phenoxy) is 1. The largest absolute Gasteiger partial charge is 0.479 e. The van der Waals surface area contributed by atoms with E-state index in [2.05, 4.69) is 0 Å². The summed E-state index contributed by atoms with van der Waals surface area (Å²) in [6.45, 7) is 4.27. The molecule has 0 bridgehead atoms. The Morgan fingerprint density at radius 1 is 1.53 bits per heavy atom. The predicted molar refractivity (Wildman–Crippen MR) is 63.6 cm³/mol. The molecular formula is C11H15NO4S. The zero-order valence-corrected chi connectivity index (χ0v) is 10.6. The van der Waals surface area contributed by atoms with Crippen molar-refractivity contribution in [2.75, 3.05) is 0 Å². The van der Waals surface area contributed by atoms with Crippen molar-refractivity contribution in [3.8, 4) is 0 Å². The van der Waals surface area contributed by atoms with Gasteiger partial charge in [-0.25, -0.2) is 4.79 Å². The van der Waals surface area contributed by atoms with Crippen LogP contribution in [0.3, 0.4) is 0 Å². The third kappa shape index (κ3) is 2.42. The highest BCUT2D eigenvalue weighted by molar-refractivity contribution is 7.09. The number of aryl methyl sites for hydroxylation is 1. The van der Waals surface area contributed by atoms with Crippen molar-refractivity contribution in [2.24, 2.45) is 0 Å². The molecule has 0 saturated carbocycles. The number of thiazole rings is 1. The molecule has 17 heavy (non-hydrogen) atoms. The highest BCUT2D eigenvalue weighted by Gasteiger charge is 2.31. The monoisotopic (exact) mass is 257 g/mol. The number of hydrogen-bond acceptors (Lipinski definition) is 4. The number of aliphatic carboxylic acids is 1. The van der Waals surface area contributed by atoms with Crippen molar-refractivity contribution < 1.29 is 14.6 Å². The van der Waals surface area contributed by atoms with E-state index in [0.29, 0.717) is 19.4 Å². The molecule has 2 rings (SSSR count). The number of hydrogen-bond donors (Lipinski definition) is 1. The molecule has 1 aliphatic heterocycles. The summed E-state index contributed by atoms with van der Waals surface area (Å²) in [7, 11) is 0. The van der Waals surface area contributed by atoms with E-state index in [1.54, 1.807) is 4.57 Å². The lowest BCUT2D eigenvalue weighted by Crippen LogP contribution is -2.26. The van der Waals surface area contributed by atoms with Gasteiger partial charge < -0.3 is 14.4 Å². The molecule has 0 amide bonds. The van der Waals surface area contributed by atoms with Gasteiger partial charge in [0, 0.05) is 10.6 Å². The van der Waals surface area contributed by atoms with E-state index in [4.69, 9.17) is 9.84 Å². The van der Waals surface area contributed by atoms with Crippen LogP contribution in [-0.4, -0.2) is 27.9 Å². The van der Waals surface area contributed by atoms with E-state index in [1.165, 1.54) is 11.3 Å². The lowest BCUT2D eigenvalue weighted by molar-refractivity contribution is -0.149. The van der Waals surface area contributed by atoms with Gasteiger partial charge in [-0.1, -0.05) is 11.3 Å². The van der Waals surface area contributed by atoms with Crippen molar-refractivity contribution in [3.63, 3.8) is 0 Å². The lowest BCUT2D eigenvalue weighted by Gasteiger charge is -2.12. The summed E-state index contributed by atoms with van der Waals surface area (Å²) in [4.78, 5) is 23.4. The van der Waals surface area contributed by atoms with Gasteiger partial charge in [-0.15, -0.1) is 0 Å². The molecule has 0 aromatic carbocycles. The SMILES string of the molecule is Cc1sc(=O)n(CC2CCC(C(=O)O)O2)c1C. The van der Waals surface area contributed by atoms with Crippen LogP contribution in [0.15, 0.2) is 4.79 Å². The number of carboxylic acid groups (broad SMARTS) is 1. The Kier molecular flexibility index (Phi) is 3.35. The van der Waals surface area contributed by atoms with Gasteiger partial charge in [0.15, 0.2) is 6.10 Å². The molecule has 0 radical (unpaired) electrons. The summed E-state index contributed by atoms with van der Waals surface area (Å²) in [6.07, 6.45) is 0.339. The number of aromatic nitrogens is 1. The van der Waals surface area contributed by atoms with Crippen molar-refractivity contribution in [3.05, 3.63) is 20.2 Å². The molecule has 1 aromatic heterocycles. The van der Waals surface area contributed by atoms with Gasteiger partial charge in [0.05, 0.1) is 12.6 Å². The third-order valence-corrected chi connectivity index (χ3v) is 4.14. The van der Waals surface area contributed by atoms with Crippen LogP contribution >= 0.6 is 11.3 Å². The second kappa shape index (κ2) is 4.62. The molecule has 6 heteroatoms. The molecular weight excluding hydrogens is 242 g/mol. The molecule has 1 aliphatic rings. The highest BCUT2D eigenvalue weighted by atomic mass is 32.1. The molecule has 1 N–H and O–H groups in total. The van der Waals surface area contributed by atoms with Gasteiger partial charge in [-0.3, -0.25) is 4.79 Å². The topological polar surface area (TPSA) is 68.5 Å². The summed E-state index contributed by atoms with van der Waals surface area (Å²) in [5.74, 6) is -0.918. The van der Waals surface area contributed by atoms with Crippen molar-refractivity contribution in [2.45, 2.75) is 45.4 Å². The van der Waals surface area contributed by atoms with Gasteiger partial charge in [0.1, 0.15) is 0 Å². The second-order valence-corrected chi connectivity index (χ2v) is 5.45. The van der Waals surface area contributed by atoms with Crippen molar-refractivity contribution in [1.29, 1.82) is 0 Å². The first-order chi connectivity index (χ1) is 7.99. The Balaban J connectivity index is 2.08. The van der Waals surface area contributed by atoms with Crippen LogP contribution in [0.1, 0.15) is 23.4 Å². The van der Waals surface area contributed by atoms with Crippen LogP contribution in [0.2, 0.25) is 0 Å². The van der Waals surface area contributed by atoms with Gasteiger partial charge in [0.2, 0.25) is 0 Å². The van der Waals surface area contributed by atoms with Gasteiger partial charge in [-0.2, -0.15) is 0 Å². The van der Waals surface area contributed by atoms with Crippen LogP contribution in [0, 0.1) is 13.8 Å². The lowest BCUT2D eigenvalue weighted by atomic mass is 10.2. The molecule has 2 heterocycles. The molecule has 0 spiro atoms. The highest BCUT2D eigenvalue weighted by Crippen LogP contribution is 2.22. The third-order valence-electron chi connectivity index (χ3n) is 3.14. The number of nitrogens with zero attached hydrogens (tertiary/aromatic N) is 1. The van der Waals surface area contributed by atoms with E-state index in [0.717, 1.165) is 10.6 Å². The molecule has 2 atom stereocenters. The zero-order valence-electron chi connectivity index (χ0n) is 9.80. The smallest absolute Gasteiger partial charge is 0.332 e. The van der Waals surface area contributed by atoms with Gasteiger partial charge >= 0.3 is 10.8 Å². The Hall–Kier alpha value is -1.14. The summed E-state index contributed by atoms with van der Waals surface area (Å²) in [5, 5.41) is 8.82. The second-order valence-electron chi connectivity index (χ2n) is 4.28. The van der Waals surface area contributed by atoms with E-state index in [9.17, 15) is 9.59 Å². The van der Waals surface area contributed by atoms with Crippen LogP contribution in [0.4, 0.5) is 0 Å². The summed E-state index contributed by atoms with van der Waals surface area (Å²) in [5.41, 5.74) is 0.947. The minimum absolute atomic E-state index is 0.00220. The van der Waals surface area contributed by atoms with E-state index < -0.39 is 12.1 Å². The zero-order chi connectivity index (χ0) is 12.6. The van der Waals surface area contributed by atoms with Crippen molar-refractivity contribution in [1.82, 2.24) is 4.57 Å². The molecule has 0 aliphatic carbocycles. The minimum atomic E-state index is -0.918. The number of carboxylic acids is 1. The Morgan fingerprint density at radius 3 is 2.71 bits per heavy atom. The summed E-state index contributed by atoms with van der Waals surface area (Å²) < 4.78 is 7.07. The average Bonchev–Trinajstić information content (AvgIpc) is 2.80. The van der Waals surface area contributed by atoms with Crippen LogP contribution in [0.5, 0.6) is 0 Å². The van der Waals surface area contributed by atoms with E-state index >= 15 is 0 Å². The molecule has 5 nitrogen and oxygen atoms in total. The van der Waals surface area contributed by atoms with Crippen molar-refractivity contribution >= 4 is 17.3 Å². The predicted octanol–water partition coefficient (Wildman–Crippen LogP) is 1.16. The molecule has 2 unspecified atom stereocenters. The standard InChI is InChI=1S/C11H15NO4S/c1-6-7(2)17-11(15)12(6)5-8-3-4-9(16-8)10(13)14/h8-9H,3-5H2,1-2H3,(H,13,14). The Bertz CT molecular complexity index is 490. The first-order valence-corrected chi connectivity index (χ1v) is 6.35. The van der Waals surface area contributed by atoms with E-state index in [-0.39, 0.29) is 11.0 Å². The van der Waals surface area contributed by atoms with Crippen LogP contribution < -0.4 is 4.87 Å². The first kappa shape index (κ1) is 12.3. The minimum Gasteiger partial charge on any atom is -0.479 e. The quantitative estimate of drug-likeness (QED) is 0.882. The fraction of sp³-hybridized carbons (Fsp3) is 0.636. The molecule has 1 aromatic rings. The fourth-order valence-electron chi connectivity index (χ4n) is 2.02.